The van der Waals surface area contributed by atoms with Gasteiger partial charge in [0, 0.05) is 6.54 Å². The van der Waals surface area contributed by atoms with Gasteiger partial charge in [-0.2, -0.15) is 0 Å². The van der Waals surface area contributed by atoms with Crippen molar-refractivity contribution in [3.8, 4) is 0 Å². The molecule has 20 heavy (non-hydrogen) atoms. The summed E-state index contributed by atoms with van der Waals surface area (Å²) in [4.78, 5) is 11.7. The molecule has 0 aliphatic heterocycles. The summed E-state index contributed by atoms with van der Waals surface area (Å²) in [6.45, 7) is 4.67. The van der Waals surface area contributed by atoms with Gasteiger partial charge in [0.15, 0.2) is 0 Å². The molecule has 112 valence electrons. The number of aryl methyl sites for hydroxylation is 1. The van der Waals surface area contributed by atoms with Crippen molar-refractivity contribution in [3.05, 3.63) is 35.4 Å². The Morgan fingerprint density at radius 2 is 1.85 bits per heavy atom. The molecule has 0 spiro atoms. The molecule has 0 aromatic heterocycles. The molecule has 0 aliphatic carbocycles. The zero-order valence-electron chi connectivity index (χ0n) is 12.7. The fourth-order valence-electron chi connectivity index (χ4n) is 2.03. The van der Waals surface area contributed by atoms with Gasteiger partial charge in [-0.3, -0.25) is 4.79 Å². The van der Waals surface area contributed by atoms with E-state index in [-0.39, 0.29) is 12.0 Å². The molecule has 1 aromatic carbocycles. The largest absolute Gasteiger partial charge is 0.393 e. The third kappa shape index (κ3) is 6.71. The Labute approximate surface area is 122 Å². The summed E-state index contributed by atoms with van der Waals surface area (Å²) in [6, 6.07) is 8.29. The van der Waals surface area contributed by atoms with Crippen molar-refractivity contribution in [2.24, 2.45) is 0 Å². The first-order valence-electron chi connectivity index (χ1n) is 7.68. The lowest BCUT2D eigenvalue weighted by atomic mass is 10.0. The van der Waals surface area contributed by atoms with Crippen LogP contribution in [0.2, 0.25) is 0 Å². The zero-order chi connectivity index (χ0) is 14.8. The van der Waals surface area contributed by atoms with Gasteiger partial charge in [-0.25, -0.2) is 0 Å². The van der Waals surface area contributed by atoms with E-state index in [2.05, 4.69) is 24.4 Å². The van der Waals surface area contributed by atoms with Gasteiger partial charge in [-0.1, -0.05) is 44.5 Å². The standard InChI is InChI=1S/C17H27NO2/c1-3-5-6-14-7-9-15(10-8-14)13-17(20)18-12-11-16(19)4-2/h7-10,16,19H,3-6,11-13H2,1-2H3,(H,18,20). The van der Waals surface area contributed by atoms with Gasteiger partial charge >= 0.3 is 0 Å². The maximum absolute atomic E-state index is 11.7. The van der Waals surface area contributed by atoms with Gasteiger partial charge in [0.25, 0.3) is 0 Å². The number of carbonyl (C=O) groups is 1. The summed E-state index contributed by atoms with van der Waals surface area (Å²) in [5.41, 5.74) is 2.38. The topological polar surface area (TPSA) is 49.3 Å². The molecule has 2 N–H and O–H groups in total. The third-order valence-electron chi connectivity index (χ3n) is 3.48. The minimum atomic E-state index is -0.312. The number of benzene rings is 1. The van der Waals surface area contributed by atoms with Crippen molar-refractivity contribution in [1.82, 2.24) is 5.32 Å². The quantitative estimate of drug-likeness (QED) is 0.729. The highest BCUT2D eigenvalue weighted by molar-refractivity contribution is 5.78. The van der Waals surface area contributed by atoms with E-state index >= 15 is 0 Å². The predicted octanol–water partition coefficient (Wildman–Crippen LogP) is 2.85. The molecule has 1 atom stereocenters. The molecule has 1 unspecified atom stereocenters. The van der Waals surface area contributed by atoms with Crippen molar-refractivity contribution < 1.29 is 9.90 Å². The lowest BCUT2D eigenvalue weighted by Gasteiger charge is -2.09. The molecule has 3 nitrogen and oxygen atoms in total. The Balaban J connectivity index is 2.31. The molecule has 0 fully saturated rings. The Morgan fingerprint density at radius 3 is 2.45 bits per heavy atom. The first-order valence-corrected chi connectivity index (χ1v) is 7.68. The van der Waals surface area contributed by atoms with E-state index in [9.17, 15) is 9.90 Å². The highest BCUT2D eigenvalue weighted by Gasteiger charge is 2.05. The van der Waals surface area contributed by atoms with Crippen LogP contribution in [0.5, 0.6) is 0 Å². The van der Waals surface area contributed by atoms with Crippen LogP contribution in [0, 0.1) is 0 Å². The van der Waals surface area contributed by atoms with E-state index < -0.39 is 0 Å². The highest BCUT2D eigenvalue weighted by Crippen LogP contribution is 2.08. The van der Waals surface area contributed by atoms with Gasteiger partial charge in [0.05, 0.1) is 12.5 Å². The molecule has 1 rings (SSSR count). The van der Waals surface area contributed by atoms with E-state index in [1.54, 1.807) is 0 Å². The number of amides is 1. The van der Waals surface area contributed by atoms with Gasteiger partial charge < -0.3 is 10.4 Å². The minimum Gasteiger partial charge on any atom is -0.393 e. The number of rotatable bonds is 9. The molecule has 0 heterocycles. The summed E-state index contributed by atoms with van der Waals surface area (Å²) < 4.78 is 0. The Hall–Kier alpha value is -1.35. The second-order valence-corrected chi connectivity index (χ2v) is 5.30. The Morgan fingerprint density at radius 1 is 1.20 bits per heavy atom. The summed E-state index contributed by atoms with van der Waals surface area (Å²) >= 11 is 0. The summed E-state index contributed by atoms with van der Waals surface area (Å²) in [7, 11) is 0. The first kappa shape index (κ1) is 16.7. The van der Waals surface area contributed by atoms with E-state index in [1.807, 2.05) is 19.1 Å². The summed E-state index contributed by atoms with van der Waals surface area (Å²) in [6.07, 6.45) is 4.97. The average Bonchev–Trinajstić information content (AvgIpc) is 2.46. The van der Waals surface area contributed by atoms with Crippen molar-refractivity contribution in [3.63, 3.8) is 0 Å². The van der Waals surface area contributed by atoms with Crippen LogP contribution in [0.1, 0.15) is 50.7 Å². The number of hydrogen-bond donors (Lipinski definition) is 2. The van der Waals surface area contributed by atoms with Crippen molar-refractivity contribution >= 4 is 5.91 Å². The average molecular weight is 277 g/mol. The monoisotopic (exact) mass is 277 g/mol. The normalized spacial score (nSPS) is 12.2. The maximum atomic E-state index is 11.7. The van der Waals surface area contributed by atoms with E-state index in [0.717, 1.165) is 18.4 Å². The lowest BCUT2D eigenvalue weighted by molar-refractivity contribution is -0.120. The molecular weight excluding hydrogens is 250 g/mol. The number of nitrogens with one attached hydrogen (secondary N) is 1. The molecular formula is C17H27NO2. The van der Waals surface area contributed by atoms with Crippen LogP contribution >= 0.6 is 0 Å². The Kier molecular flexibility index (Phi) is 7.97. The second kappa shape index (κ2) is 9.54. The summed E-state index contributed by atoms with van der Waals surface area (Å²) in [5.74, 6) is 0.0228. The molecule has 0 saturated heterocycles. The van der Waals surface area contributed by atoms with Crippen LogP contribution < -0.4 is 5.32 Å². The molecule has 0 radical (unpaired) electrons. The zero-order valence-corrected chi connectivity index (χ0v) is 12.7. The number of unbranched alkanes of at least 4 members (excludes halogenated alkanes) is 1. The van der Waals surface area contributed by atoms with Gasteiger partial charge in [-0.15, -0.1) is 0 Å². The molecule has 3 heteroatoms. The van der Waals surface area contributed by atoms with Gasteiger partial charge in [0.2, 0.25) is 5.91 Å². The lowest BCUT2D eigenvalue weighted by Crippen LogP contribution is -2.28. The van der Waals surface area contributed by atoms with Crippen molar-refractivity contribution in [2.75, 3.05) is 6.54 Å². The highest BCUT2D eigenvalue weighted by atomic mass is 16.3. The van der Waals surface area contributed by atoms with Crippen LogP contribution in [0.3, 0.4) is 0 Å². The molecule has 0 aliphatic rings. The van der Waals surface area contributed by atoms with E-state index in [1.165, 1.54) is 18.4 Å². The fourth-order valence-corrected chi connectivity index (χ4v) is 2.03. The SMILES string of the molecule is CCCCc1ccc(CC(=O)NCCC(O)CC)cc1. The molecule has 0 saturated carbocycles. The predicted molar refractivity (Wildman–Crippen MR) is 82.7 cm³/mol. The minimum absolute atomic E-state index is 0.0228. The van der Waals surface area contributed by atoms with E-state index in [0.29, 0.717) is 19.4 Å². The fraction of sp³-hybridized carbons (Fsp3) is 0.588. The van der Waals surface area contributed by atoms with E-state index in [4.69, 9.17) is 0 Å². The second-order valence-electron chi connectivity index (χ2n) is 5.30. The first-order chi connectivity index (χ1) is 9.65. The number of carbonyl (C=O) groups excluding carboxylic acids is 1. The van der Waals surface area contributed by atoms with Crippen molar-refractivity contribution in [2.45, 2.75) is 58.5 Å². The Bertz CT molecular complexity index is 386. The van der Waals surface area contributed by atoms with Crippen LogP contribution in [0.4, 0.5) is 0 Å². The number of aliphatic hydroxyl groups is 1. The van der Waals surface area contributed by atoms with Crippen molar-refractivity contribution in [1.29, 1.82) is 0 Å². The maximum Gasteiger partial charge on any atom is 0.224 e. The van der Waals surface area contributed by atoms with Crippen LogP contribution in [-0.2, 0) is 17.6 Å². The van der Waals surface area contributed by atoms with Crippen LogP contribution in [0.25, 0.3) is 0 Å². The molecule has 1 amide bonds. The molecule has 1 aromatic rings. The molecule has 0 bridgehead atoms. The third-order valence-corrected chi connectivity index (χ3v) is 3.48. The van der Waals surface area contributed by atoms with Crippen LogP contribution in [0.15, 0.2) is 24.3 Å². The van der Waals surface area contributed by atoms with Gasteiger partial charge in [-0.05, 0) is 36.8 Å². The smallest absolute Gasteiger partial charge is 0.224 e. The van der Waals surface area contributed by atoms with Crippen LogP contribution in [-0.4, -0.2) is 23.7 Å². The number of hydrogen-bond acceptors (Lipinski definition) is 2. The number of aliphatic hydroxyl groups excluding tert-OH is 1. The summed E-state index contributed by atoms with van der Waals surface area (Å²) in [5, 5.41) is 12.3. The van der Waals surface area contributed by atoms with Gasteiger partial charge in [0.1, 0.15) is 0 Å².